The zero-order valence-electron chi connectivity index (χ0n) is 17.7. The summed E-state index contributed by atoms with van der Waals surface area (Å²) in [5.41, 5.74) is 2.27. The van der Waals surface area contributed by atoms with Gasteiger partial charge in [-0.05, 0) is 60.4 Å². The minimum atomic E-state index is -0.400. The van der Waals surface area contributed by atoms with Gasteiger partial charge in [0.15, 0.2) is 5.17 Å². The first-order chi connectivity index (χ1) is 16.0. The molecule has 0 saturated heterocycles. The van der Waals surface area contributed by atoms with Crippen LogP contribution in [0.15, 0.2) is 94.4 Å². The van der Waals surface area contributed by atoms with E-state index in [9.17, 15) is 14.0 Å². The number of thioether (sulfide) groups is 2. The van der Waals surface area contributed by atoms with Crippen molar-refractivity contribution < 1.29 is 14.0 Å². The van der Waals surface area contributed by atoms with E-state index in [4.69, 9.17) is 0 Å². The van der Waals surface area contributed by atoms with Crippen molar-refractivity contribution in [3.05, 3.63) is 95.9 Å². The topological polar surface area (TPSA) is 61.8 Å². The Labute approximate surface area is 199 Å². The van der Waals surface area contributed by atoms with Crippen LogP contribution in [0.25, 0.3) is 6.08 Å². The highest BCUT2D eigenvalue weighted by atomic mass is 32.2. The number of amides is 2. The third-order valence-electron chi connectivity index (χ3n) is 4.70. The molecule has 1 heterocycles. The summed E-state index contributed by atoms with van der Waals surface area (Å²) in [4.78, 5) is 32.6. The molecule has 0 unspecified atom stereocenters. The van der Waals surface area contributed by atoms with Crippen LogP contribution in [0.5, 0.6) is 0 Å². The number of aliphatic imine (C=N–C) groups is 1. The summed E-state index contributed by atoms with van der Waals surface area (Å²) in [7, 11) is 0. The summed E-state index contributed by atoms with van der Waals surface area (Å²) in [6.07, 6.45) is 3.66. The third kappa shape index (κ3) is 5.71. The predicted molar refractivity (Wildman–Crippen MR) is 135 cm³/mol. The van der Waals surface area contributed by atoms with Gasteiger partial charge in [0, 0.05) is 10.6 Å². The molecule has 4 rings (SSSR count). The van der Waals surface area contributed by atoms with Gasteiger partial charge in [-0.15, -0.1) is 11.8 Å². The standard InChI is InChI=1S/C25H20FN3O2S2/c1-32-21-9-5-8-19(15-21)27-23(30)16-33-25-28-22(14-17-6-3-2-4-7-17)24(31)29(25)20-12-10-18(26)11-13-20/h2-15H,16H2,1H3,(H,27,30)/b22-14-. The van der Waals surface area contributed by atoms with Crippen LogP contribution in [0, 0.1) is 5.82 Å². The minimum absolute atomic E-state index is 0.0614. The van der Waals surface area contributed by atoms with E-state index < -0.39 is 5.82 Å². The van der Waals surface area contributed by atoms with Gasteiger partial charge in [-0.1, -0.05) is 48.2 Å². The summed E-state index contributed by atoms with van der Waals surface area (Å²) in [6.45, 7) is 0. The van der Waals surface area contributed by atoms with Gasteiger partial charge in [0.1, 0.15) is 11.5 Å². The number of amidine groups is 1. The maximum absolute atomic E-state index is 13.4. The number of hydrogen-bond acceptors (Lipinski definition) is 5. The number of benzene rings is 3. The van der Waals surface area contributed by atoms with Gasteiger partial charge in [0.2, 0.25) is 5.91 Å². The van der Waals surface area contributed by atoms with Crippen LogP contribution in [-0.2, 0) is 9.59 Å². The Balaban J connectivity index is 1.54. The van der Waals surface area contributed by atoms with E-state index in [1.165, 1.54) is 29.2 Å². The molecule has 0 saturated carbocycles. The van der Waals surface area contributed by atoms with Gasteiger partial charge in [0.25, 0.3) is 5.91 Å². The minimum Gasteiger partial charge on any atom is -0.325 e. The normalized spacial score (nSPS) is 14.5. The quantitative estimate of drug-likeness (QED) is 0.367. The number of rotatable bonds is 6. The van der Waals surface area contributed by atoms with Gasteiger partial charge < -0.3 is 5.32 Å². The van der Waals surface area contributed by atoms with Crippen LogP contribution in [0.4, 0.5) is 15.8 Å². The fourth-order valence-corrected chi connectivity index (χ4v) is 4.42. The number of hydrogen-bond donors (Lipinski definition) is 1. The molecular formula is C25H20FN3O2S2. The number of carbonyl (C=O) groups excluding carboxylic acids is 2. The van der Waals surface area contributed by atoms with E-state index in [0.717, 1.165) is 22.2 Å². The van der Waals surface area contributed by atoms with Crippen molar-refractivity contribution in [1.82, 2.24) is 0 Å². The number of anilines is 2. The van der Waals surface area contributed by atoms with Gasteiger partial charge in [-0.2, -0.15) is 0 Å². The fraction of sp³-hybridized carbons (Fsp3) is 0.0800. The van der Waals surface area contributed by atoms with Gasteiger partial charge in [-0.25, -0.2) is 9.38 Å². The average Bonchev–Trinajstić information content (AvgIpc) is 3.14. The molecule has 2 amide bonds. The van der Waals surface area contributed by atoms with Gasteiger partial charge in [-0.3, -0.25) is 14.5 Å². The lowest BCUT2D eigenvalue weighted by Gasteiger charge is -2.17. The highest BCUT2D eigenvalue weighted by molar-refractivity contribution is 8.14. The van der Waals surface area contributed by atoms with Crippen molar-refractivity contribution in [2.45, 2.75) is 4.90 Å². The van der Waals surface area contributed by atoms with Crippen LogP contribution in [0.1, 0.15) is 5.56 Å². The zero-order valence-corrected chi connectivity index (χ0v) is 19.3. The number of nitrogens with one attached hydrogen (secondary N) is 1. The maximum atomic E-state index is 13.4. The van der Waals surface area contributed by atoms with E-state index >= 15 is 0 Å². The molecule has 1 aliphatic rings. The fourth-order valence-electron chi connectivity index (χ4n) is 3.15. The van der Waals surface area contributed by atoms with Crippen LogP contribution >= 0.6 is 23.5 Å². The van der Waals surface area contributed by atoms with Crippen molar-refractivity contribution in [2.75, 3.05) is 22.2 Å². The van der Waals surface area contributed by atoms with Crippen molar-refractivity contribution in [1.29, 1.82) is 0 Å². The highest BCUT2D eigenvalue weighted by Gasteiger charge is 2.32. The van der Waals surface area contributed by atoms with E-state index in [-0.39, 0.29) is 23.3 Å². The first kappa shape index (κ1) is 22.8. The Hall–Kier alpha value is -3.36. The SMILES string of the molecule is CSc1cccc(NC(=O)CSC2=N/C(=C\c3ccccc3)C(=O)N2c2ccc(F)cc2)c1. The summed E-state index contributed by atoms with van der Waals surface area (Å²) in [6, 6.07) is 22.6. The molecule has 1 N–H and O–H groups in total. The second-order valence-corrected chi connectivity index (χ2v) is 8.84. The average molecular weight is 478 g/mol. The van der Waals surface area contributed by atoms with E-state index in [0.29, 0.717) is 16.5 Å². The van der Waals surface area contributed by atoms with E-state index in [1.54, 1.807) is 17.8 Å². The lowest BCUT2D eigenvalue weighted by Crippen LogP contribution is -2.31. The van der Waals surface area contributed by atoms with Crippen molar-refractivity contribution in [3.8, 4) is 0 Å². The first-order valence-corrected chi connectivity index (χ1v) is 12.3. The van der Waals surface area contributed by atoms with Crippen molar-refractivity contribution >= 4 is 58.0 Å². The van der Waals surface area contributed by atoms with Crippen molar-refractivity contribution in [2.24, 2.45) is 4.99 Å². The third-order valence-corrected chi connectivity index (χ3v) is 6.37. The summed E-state index contributed by atoms with van der Waals surface area (Å²) < 4.78 is 13.4. The summed E-state index contributed by atoms with van der Waals surface area (Å²) in [5.74, 6) is -0.885. The predicted octanol–water partition coefficient (Wildman–Crippen LogP) is 5.66. The zero-order chi connectivity index (χ0) is 23.2. The highest BCUT2D eigenvalue weighted by Crippen LogP contribution is 2.30. The number of nitrogens with zero attached hydrogens (tertiary/aromatic N) is 2. The molecule has 0 fully saturated rings. The molecule has 0 atom stereocenters. The van der Waals surface area contributed by atoms with Crippen LogP contribution < -0.4 is 10.2 Å². The Bertz CT molecular complexity index is 1230. The molecule has 3 aromatic carbocycles. The molecular weight excluding hydrogens is 457 g/mol. The molecule has 33 heavy (non-hydrogen) atoms. The lowest BCUT2D eigenvalue weighted by atomic mass is 10.2. The smallest absolute Gasteiger partial charge is 0.283 e. The second kappa shape index (κ2) is 10.5. The van der Waals surface area contributed by atoms with Gasteiger partial charge in [0.05, 0.1) is 11.4 Å². The summed E-state index contributed by atoms with van der Waals surface area (Å²) >= 11 is 2.74. The Morgan fingerprint density at radius 3 is 2.55 bits per heavy atom. The molecule has 0 aromatic heterocycles. The Kier molecular flexibility index (Phi) is 7.26. The van der Waals surface area contributed by atoms with E-state index in [2.05, 4.69) is 10.3 Å². The largest absolute Gasteiger partial charge is 0.325 e. The number of carbonyl (C=O) groups is 2. The van der Waals surface area contributed by atoms with Crippen LogP contribution in [-0.4, -0.2) is 29.0 Å². The molecule has 0 radical (unpaired) electrons. The monoisotopic (exact) mass is 477 g/mol. The molecule has 0 spiro atoms. The summed E-state index contributed by atoms with van der Waals surface area (Å²) in [5, 5.41) is 3.23. The lowest BCUT2D eigenvalue weighted by molar-refractivity contribution is -0.114. The molecule has 0 aliphatic carbocycles. The molecule has 8 heteroatoms. The molecule has 3 aromatic rings. The second-order valence-electron chi connectivity index (χ2n) is 7.02. The van der Waals surface area contributed by atoms with Gasteiger partial charge >= 0.3 is 0 Å². The number of halogens is 1. The Morgan fingerprint density at radius 1 is 1.06 bits per heavy atom. The molecule has 1 aliphatic heterocycles. The molecule has 0 bridgehead atoms. The molecule has 5 nitrogen and oxygen atoms in total. The van der Waals surface area contributed by atoms with E-state index in [1.807, 2.05) is 60.9 Å². The molecule has 166 valence electrons. The van der Waals surface area contributed by atoms with Crippen LogP contribution in [0.3, 0.4) is 0 Å². The maximum Gasteiger partial charge on any atom is 0.283 e. The van der Waals surface area contributed by atoms with Crippen LogP contribution in [0.2, 0.25) is 0 Å². The van der Waals surface area contributed by atoms with Crippen molar-refractivity contribution in [3.63, 3.8) is 0 Å². The first-order valence-electron chi connectivity index (χ1n) is 10.1. The Morgan fingerprint density at radius 2 is 1.82 bits per heavy atom.